The number of benzene rings is 1. The summed E-state index contributed by atoms with van der Waals surface area (Å²) in [6.45, 7) is 1.92. The first-order valence-electron chi connectivity index (χ1n) is 4.22. The quantitative estimate of drug-likeness (QED) is 0.396. The summed E-state index contributed by atoms with van der Waals surface area (Å²) in [4.78, 5) is 0. The minimum absolute atomic E-state index is 0.0244. The number of hydrogen-bond donors (Lipinski definition) is 5. The van der Waals surface area contributed by atoms with Gasteiger partial charge in [0.05, 0.1) is 0 Å². The lowest BCUT2D eigenvalue weighted by Crippen LogP contribution is -2.39. The van der Waals surface area contributed by atoms with Crippen molar-refractivity contribution in [2.45, 2.75) is 6.92 Å². The summed E-state index contributed by atoms with van der Waals surface area (Å²) in [5, 5.41) is 19.6. The Morgan fingerprint density at radius 3 is 2.67 bits per heavy atom. The first-order chi connectivity index (χ1) is 7.00. The third kappa shape index (κ3) is 3.25. The molecule has 0 fully saturated rings. The zero-order valence-corrected chi connectivity index (χ0v) is 9.77. The van der Waals surface area contributed by atoms with E-state index in [1.807, 2.05) is 25.1 Å². The Morgan fingerprint density at radius 2 is 2.07 bits per heavy atom. The molecule has 1 rings (SSSR count). The molecule has 15 heavy (non-hydrogen) atoms. The molecular formula is C9H12BrN5. The zero-order valence-electron chi connectivity index (χ0n) is 8.19. The van der Waals surface area contributed by atoms with Gasteiger partial charge in [0.15, 0.2) is 11.9 Å². The van der Waals surface area contributed by atoms with Crippen molar-refractivity contribution in [1.29, 1.82) is 10.8 Å². The maximum atomic E-state index is 7.47. The highest BCUT2D eigenvalue weighted by atomic mass is 79.9. The van der Waals surface area contributed by atoms with E-state index in [4.69, 9.17) is 16.6 Å². The molecule has 6 N–H and O–H groups in total. The van der Waals surface area contributed by atoms with E-state index >= 15 is 0 Å². The lowest BCUT2D eigenvalue weighted by atomic mass is 10.2. The van der Waals surface area contributed by atoms with Gasteiger partial charge < -0.3 is 11.1 Å². The molecule has 1 aromatic carbocycles. The highest BCUT2D eigenvalue weighted by molar-refractivity contribution is 9.10. The maximum absolute atomic E-state index is 7.47. The lowest BCUT2D eigenvalue weighted by Gasteiger charge is -2.11. The van der Waals surface area contributed by atoms with Crippen molar-refractivity contribution >= 4 is 33.5 Å². The van der Waals surface area contributed by atoms with Crippen LogP contribution in [0.25, 0.3) is 0 Å². The average molecular weight is 270 g/mol. The largest absolute Gasteiger partial charge is 0.370 e. The molecule has 0 bridgehead atoms. The molecule has 0 saturated carbocycles. The summed E-state index contributed by atoms with van der Waals surface area (Å²) >= 11 is 3.39. The van der Waals surface area contributed by atoms with Gasteiger partial charge in [0.2, 0.25) is 0 Å². The number of rotatable bonds is 1. The van der Waals surface area contributed by atoms with Crippen LogP contribution in [0.15, 0.2) is 22.7 Å². The van der Waals surface area contributed by atoms with E-state index < -0.39 is 0 Å². The summed E-state index contributed by atoms with van der Waals surface area (Å²) in [5.41, 5.74) is 6.88. The molecule has 0 unspecified atom stereocenters. The van der Waals surface area contributed by atoms with Crippen molar-refractivity contribution in [3.05, 3.63) is 28.2 Å². The van der Waals surface area contributed by atoms with Gasteiger partial charge >= 0.3 is 0 Å². The molecule has 0 aliphatic carbocycles. The third-order valence-corrected chi connectivity index (χ3v) is 2.65. The first kappa shape index (κ1) is 11.5. The van der Waals surface area contributed by atoms with Crippen molar-refractivity contribution in [2.24, 2.45) is 5.73 Å². The van der Waals surface area contributed by atoms with Gasteiger partial charge in [0.1, 0.15) is 0 Å². The van der Waals surface area contributed by atoms with E-state index in [0.29, 0.717) is 0 Å². The van der Waals surface area contributed by atoms with Gasteiger partial charge in [0, 0.05) is 10.2 Å². The van der Waals surface area contributed by atoms with Crippen LogP contribution in [0.3, 0.4) is 0 Å². The number of guanidine groups is 2. The number of anilines is 1. The second kappa shape index (κ2) is 4.79. The molecule has 80 valence electrons. The molecule has 6 heteroatoms. The van der Waals surface area contributed by atoms with Crippen LogP contribution in [0.1, 0.15) is 5.56 Å². The van der Waals surface area contributed by atoms with Crippen molar-refractivity contribution in [1.82, 2.24) is 5.32 Å². The fraction of sp³-hybridized carbons (Fsp3) is 0.111. The van der Waals surface area contributed by atoms with Gasteiger partial charge in [-0.05, 0) is 24.6 Å². The van der Waals surface area contributed by atoms with Gasteiger partial charge in [-0.15, -0.1) is 0 Å². The molecule has 0 saturated heterocycles. The summed E-state index contributed by atoms with van der Waals surface area (Å²) in [5.74, 6) is -0.288. The molecule has 0 heterocycles. The van der Waals surface area contributed by atoms with Gasteiger partial charge in [-0.2, -0.15) is 0 Å². The zero-order chi connectivity index (χ0) is 11.4. The van der Waals surface area contributed by atoms with Crippen LogP contribution in [-0.2, 0) is 0 Å². The van der Waals surface area contributed by atoms with Crippen molar-refractivity contribution in [3.63, 3.8) is 0 Å². The van der Waals surface area contributed by atoms with Gasteiger partial charge in [-0.3, -0.25) is 16.1 Å². The van der Waals surface area contributed by atoms with E-state index in [1.54, 1.807) is 0 Å². The van der Waals surface area contributed by atoms with Crippen LogP contribution >= 0.6 is 15.9 Å². The average Bonchev–Trinajstić information content (AvgIpc) is 2.11. The predicted octanol–water partition coefficient (Wildman–Crippen LogP) is 1.59. The van der Waals surface area contributed by atoms with Crippen LogP contribution in [0, 0.1) is 17.7 Å². The number of halogens is 1. The lowest BCUT2D eigenvalue weighted by molar-refractivity contribution is 1.20. The highest BCUT2D eigenvalue weighted by Crippen LogP contribution is 2.23. The van der Waals surface area contributed by atoms with Crippen LogP contribution in [0.5, 0.6) is 0 Å². The minimum atomic E-state index is -0.264. The summed E-state index contributed by atoms with van der Waals surface area (Å²) in [6.07, 6.45) is 0. The number of nitrogens with two attached hydrogens (primary N) is 1. The van der Waals surface area contributed by atoms with E-state index in [0.717, 1.165) is 15.7 Å². The topological polar surface area (TPSA) is 97.8 Å². The molecular weight excluding hydrogens is 258 g/mol. The summed E-state index contributed by atoms with van der Waals surface area (Å²) < 4.78 is 0.961. The first-order valence-corrected chi connectivity index (χ1v) is 5.01. The molecule has 0 radical (unpaired) electrons. The second-order valence-corrected chi connectivity index (χ2v) is 3.81. The maximum Gasteiger partial charge on any atom is 0.199 e. The normalized spacial score (nSPS) is 9.47. The van der Waals surface area contributed by atoms with Crippen LogP contribution in [-0.4, -0.2) is 11.9 Å². The molecule has 0 amide bonds. The second-order valence-electron chi connectivity index (χ2n) is 2.95. The van der Waals surface area contributed by atoms with Crippen LogP contribution in [0.4, 0.5) is 5.69 Å². The van der Waals surface area contributed by atoms with Crippen molar-refractivity contribution in [2.75, 3.05) is 5.32 Å². The Morgan fingerprint density at radius 1 is 1.40 bits per heavy atom. The monoisotopic (exact) mass is 269 g/mol. The van der Waals surface area contributed by atoms with Gasteiger partial charge in [-0.1, -0.05) is 22.0 Å². The molecule has 5 nitrogen and oxygen atoms in total. The van der Waals surface area contributed by atoms with Crippen molar-refractivity contribution in [3.8, 4) is 0 Å². The Labute approximate surface area is 96.2 Å². The SMILES string of the molecule is Cc1c(Br)cccc1NC(=N)NC(=N)N. The molecule has 0 atom stereocenters. The Kier molecular flexibility index (Phi) is 3.68. The molecule has 0 spiro atoms. The van der Waals surface area contributed by atoms with E-state index in [1.165, 1.54) is 0 Å². The number of hydrogen-bond acceptors (Lipinski definition) is 2. The van der Waals surface area contributed by atoms with E-state index in [-0.39, 0.29) is 11.9 Å². The van der Waals surface area contributed by atoms with Gasteiger partial charge in [0.25, 0.3) is 0 Å². The van der Waals surface area contributed by atoms with E-state index in [2.05, 4.69) is 26.6 Å². The minimum Gasteiger partial charge on any atom is -0.370 e. The fourth-order valence-electron chi connectivity index (χ4n) is 1.04. The molecule has 0 aliphatic heterocycles. The molecule has 0 aliphatic rings. The fourth-order valence-corrected chi connectivity index (χ4v) is 1.41. The van der Waals surface area contributed by atoms with Crippen LogP contribution in [0.2, 0.25) is 0 Å². The number of nitrogens with one attached hydrogen (secondary N) is 4. The smallest absolute Gasteiger partial charge is 0.199 e. The standard InChI is InChI=1S/C9H12BrN5/c1-5-6(10)3-2-4-7(5)14-9(13)15-8(11)12/h2-4H,1H3,(H6,11,12,13,14,15). The predicted molar refractivity (Wildman–Crippen MR) is 65.3 cm³/mol. The van der Waals surface area contributed by atoms with Crippen molar-refractivity contribution < 1.29 is 0 Å². The Balaban J connectivity index is 2.77. The Bertz CT molecular complexity index is 401. The third-order valence-electron chi connectivity index (χ3n) is 1.79. The highest BCUT2D eigenvalue weighted by Gasteiger charge is 2.03. The van der Waals surface area contributed by atoms with Crippen LogP contribution < -0.4 is 16.4 Å². The van der Waals surface area contributed by atoms with Gasteiger partial charge in [-0.25, -0.2) is 0 Å². The molecule has 0 aromatic heterocycles. The molecule has 1 aromatic rings. The summed E-state index contributed by atoms with van der Waals surface area (Å²) in [6, 6.07) is 5.62. The van der Waals surface area contributed by atoms with E-state index in [9.17, 15) is 0 Å². The summed E-state index contributed by atoms with van der Waals surface area (Å²) in [7, 11) is 0. The Hall–Kier alpha value is -1.56.